The van der Waals surface area contributed by atoms with Crippen molar-refractivity contribution in [1.29, 1.82) is 0 Å². The molecule has 0 spiro atoms. The molecule has 0 aliphatic carbocycles. The van der Waals surface area contributed by atoms with Crippen LogP contribution < -0.4 is 5.32 Å². The van der Waals surface area contributed by atoms with Crippen LogP contribution in [0.4, 0.5) is 0 Å². The van der Waals surface area contributed by atoms with Crippen molar-refractivity contribution in [3.05, 3.63) is 47.0 Å². The van der Waals surface area contributed by atoms with Crippen LogP contribution in [0.3, 0.4) is 0 Å². The first-order valence-corrected chi connectivity index (χ1v) is 7.09. The van der Waals surface area contributed by atoms with Crippen molar-refractivity contribution in [1.82, 2.24) is 5.32 Å². The van der Waals surface area contributed by atoms with Gasteiger partial charge in [0, 0.05) is 11.6 Å². The molecule has 0 unspecified atom stereocenters. The predicted octanol–water partition coefficient (Wildman–Crippen LogP) is 1.69. The highest BCUT2D eigenvalue weighted by Crippen LogP contribution is 2.09. The Morgan fingerprint density at radius 1 is 1.09 bits per heavy atom. The highest BCUT2D eigenvalue weighted by Gasteiger charge is 2.21. The van der Waals surface area contributed by atoms with E-state index in [1.807, 2.05) is 19.9 Å². The number of aryl methyl sites for hydroxylation is 2. The molecule has 0 radical (unpaired) electrons. The van der Waals surface area contributed by atoms with Gasteiger partial charge in [0.1, 0.15) is 6.04 Å². The van der Waals surface area contributed by atoms with Gasteiger partial charge in [-0.2, -0.15) is 0 Å². The van der Waals surface area contributed by atoms with Crippen LogP contribution in [0.25, 0.3) is 0 Å². The maximum Gasteiger partial charge on any atom is 0.330 e. The van der Waals surface area contributed by atoms with Crippen molar-refractivity contribution in [3.63, 3.8) is 0 Å². The lowest BCUT2D eigenvalue weighted by Gasteiger charge is -2.15. The van der Waals surface area contributed by atoms with Gasteiger partial charge in [-0.15, -0.1) is 0 Å². The van der Waals surface area contributed by atoms with Crippen LogP contribution in [-0.4, -0.2) is 38.1 Å². The van der Waals surface area contributed by atoms with Gasteiger partial charge < -0.3 is 14.8 Å². The van der Waals surface area contributed by atoms with Crippen LogP contribution in [0.1, 0.15) is 27.9 Å². The van der Waals surface area contributed by atoms with Crippen molar-refractivity contribution >= 4 is 17.8 Å². The lowest BCUT2D eigenvalue weighted by atomic mass is 10.1. The number of amides is 1. The summed E-state index contributed by atoms with van der Waals surface area (Å²) >= 11 is 0. The van der Waals surface area contributed by atoms with Crippen LogP contribution in [0, 0.1) is 13.8 Å². The molecule has 1 amide bonds. The summed E-state index contributed by atoms with van der Waals surface area (Å²) in [5.41, 5.74) is 2.37. The summed E-state index contributed by atoms with van der Waals surface area (Å²) in [7, 11) is 2.49. The van der Waals surface area contributed by atoms with E-state index in [1.54, 1.807) is 12.1 Å². The van der Waals surface area contributed by atoms with Crippen molar-refractivity contribution in [2.75, 3.05) is 14.2 Å². The third kappa shape index (κ3) is 5.94. The lowest BCUT2D eigenvalue weighted by Crippen LogP contribution is -2.41. The SMILES string of the molecule is COC(=O)/C=C/C[C@H](NC(=O)c1cc(C)cc(C)c1)C(=O)OC. The van der Waals surface area contributed by atoms with Crippen LogP contribution in [0.15, 0.2) is 30.4 Å². The molecular weight excluding hydrogens is 298 g/mol. The molecular formula is C17H21NO5. The quantitative estimate of drug-likeness (QED) is 0.637. The number of hydrogen-bond donors (Lipinski definition) is 1. The molecule has 23 heavy (non-hydrogen) atoms. The Labute approximate surface area is 135 Å². The molecule has 1 aromatic carbocycles. The number of nitrogens with one attached hydrogen (secondary N) is 1. The number of methoxy groups -OCH3 is 2. The van der Waals surface area contributed by atoms with Gasteiger partial charge in [0.15, 0.2) is 0 Å². The maximum absolute atomic E-state index is 12.3. The minimum Gasteiger partial charge on any atom is -0.467 e. The van der Waals surface area contributed by atoms with E-state index in [0.29, 0.717) is 5.56 Å². The molecule has 1 aromatic rings. The number of benzene rings is 1. The van der Waals surface area contributed by atoms with Crippen molar-refractivity contribution in [2.24, 2.45) is 0 Å². The molecule has 6 nitrogen and oxygen atoms in total. The van der Waals surface area contributed by atoms with E-state index in [9.17, 15) is 14.4 Å². The fourth-order valence-electron chi connectivity index (χ4n) is 2.07. The molecule has 1 rings (SSSR count). The van der Waals surface area contributed by atoms with Gasteiger partial charge in [0.05, 0.1) is 14.2 Å². The number of esters is 2. The zero-order valence-corrected chi connectivity index (χ0v) is 13.7. The summed E-state index contributed by atoms with van der Waals surface area (Å²) in [6.07, 6.45) is 2.77. The predicted molar refractivity (Wildman–Crippen MR) is 85.0 cm³/mol. The van der Waals surface area contributed by atoms with E-state index >= 15 is 0 Å². The first-order valence-electron chi connectivity index (χ1n) is 7.09. The Bertz CT molecular complexity index is 601. The second-order valence-electron chi connectivity index (χ2n) is 5.09. The zero-order valence-electron chi connectivity index (χ0n) is 13.7. The van der Waals surface area contributed by atoms with Crippen LogP contribution in [0.2, 0.25) is 0 Å². The monoisotopic (exact) mass is 319 g/mol. The summed E-state index contributed by atoms with van der Waals surface area (Å²) < 4.78 is 9.14. The third-order valence-electron chi connectivity index (χ3n) is 3.10. The average molecular weight is 319 g/mol. The van der Waals surface area contributed by atoms with Crippen LogP contribution >= 0.6 is 0 Å². The Kier molecular flexibility index (Phi) is 6.99. The summed E-state index contributed by atoms with van der Waals surface area (Å²) in [4.78, 5) is 35.1. The minimum atomic E-state index is -0.880. The van der Waals surface area contributed by atoms with E-state index in [2.05, 4.69) is 14.8 Å². The first-order chi connectivity index (χ1) is 10.9. The van der Waals surface area contributed by atoms with Gasteiger partial charge >= 0.3 is 11.9 Å². The Hall–Kier alpha value is -2.63. The van der Waals surface area contributed by atoms with E-state index in [-0.39, 0.29) is 12.3 Å². The number of rotatable bonds is 6. The molecule has 0 fully saturated rings. The molecule has 0 bridgehead atoms. The molecule has 0 saturated carbocycles. The van der Waals surface area contributed by atoms with Gasteiger partial charge in [-0.25, -0.2) is 9.59 Å². The van der Waals surface area contributed by atoms with E-state index in [4.69, 9.17) is 0 Å². The molecule has 124 valence electrons. The summed E-state index contributed by atoms with van der Waals surface area (Å²) in [5.74, 6) is -1.50. The summed E-state index contributed by atoms with van der Waals surface area (Å²) in [6.45, 7) is 3.78. The molecule has 0 aliphatic rings. The minimum absolute atomic E-state index is 0.123. The summed E-state index contributed by atoms with van der Waals surface area (Å²) in [6, 6.07) is 4.55. The van der Waals surface area contributed by atoms with Gasteiger partial charge in [0.2, 0.25) is 0 Å². The number of carbonyl (C=O) groups excluding carboxylic acids is 3. The average Bonchev–Trinajstić information content (AvgIpc) is 2.51. The Morgan fingerprint density at radius 3 is 2.22 bits per heavy atom. The maximum atomic E-state index is 12.3. The topological polar surface area (TPSA) is 81.7 Å². The second kappa shape index (κ2) is 8.73. The lowest BCUT2D eigenvalue weighted by molar-refractivity contribution is -0.143. The fourth-order valence-corrected chi connectivity index (χ4v) is 2.07. The van der Waals surface area contributed by atoms with Crippen molar-refractivity contribution in [3.8, 4) is 0 Å². The highest BCUT2D eigenvalue weighted by molar-refractivity contribution is 5.97. The van der Waals surface area contributed by atoms with Gasteiger partial charge in [0.25, 0.3) is 5.91 Å². The first kappa shape index (κ1) is 18.4. The molecule has 0 aromatic heterocycles. The van der Waals surface area contributed by atoms with Crippen molar-refractivity contribution < 1.29 is 23.9 Å². The number of carbonyl (C=O) groups is 3. The van der Waals surface area contributed by atoms with Crippen LogP contribution in [-0.2, 0) is 19.1 Å². The molecule has 1 atom stereocenters. The number of ether oxygens (including phenoxy) is 2. The second-order valence-corrected chi connectivity index (χ2v) is 5.09. The largest absolute Gasteiger partial charge is 0.467 e. The van der Waals surface area contributed by atoms with E-state index < -0.39 is 18.0 Å². The molecule has 0 aliphatic heterocycles. The van der Waals surface area contributed by atoms with E-state index in [0.717, 1.165) is 11.1 Å². The van der Waals surface area contributed by atoms with Gasteiger partial charge in [-0.05, 0) is 32.4 Å². The molecule has 1 N–H and O–H groups in total. The van der Waals surface area contributed by atoms with E-state index in [1.165, 1.54) is 26.4 Å². The summed E-state index contributed by atoms with van der Waals surface area (Å²) in [5, 5.41) is 2.61. The molecule has 0 heterocycles. The third-order valence-corrected chi connectivity index (χ3v) is 3.10. The Morgan fingerprint density at radius 2 is 1.70 bits per heavy atom. The zero-order chi connectivity index (χ0) is 17.4. The smallest absolute Gasteiger partial charge is 0.330 e. The Balaban J connectivity index is 2.83. The standard InChI is InChI=1S/C17H21NO5/c1-11-8-12(2)10-13(9-11)16(20)18-14(17(21)23-4)6-5-7-15(19)22-3/h5,7-10,14H,6H2,1-4H3,(H,18,20)/b7-5+/t14-/m0/s1. The van der Waals surface area contributed by atoms with Gasteiger partial charge in [-0.1, -0.05) is 23.3 Å². The van der Waals surface area contributed by atoms with Crippen LogP contribution in [0.5, 0.6) is 0 Å². The normalized spacial score (nSPS) is 11.8. The van der Waals surface area contributed by atoms with Gasteiger partial charge in [-0.3, -0.25) is 4.79 Å². The number of hydrogen-bond acceptors (Lipinski definition) is 5. The molecule has 6 heteroatoms. The highest BCUT2D eigenvalue weighted by atomic mass is 16.5. The molecule has 0 saturated heterocycles. The van der Waals surface area contributed by atoms with Crippen molar-refractivity contribution in [2.45, 2.75) is 26.3 Å². The fraction of sp³-hybridized carbons (Fsp3) is 0.353.